The highest BCUT2D eigenvalue weighted by Gasteiger charge is 2.02. The molecule has 0 aliphatic rings. The van der Waals surface area contributed by atoms with Crippen LogP contribution in [-0.2, 0) is 0 Å². The third-order valence-electron chi connectivity index (χ3n) is 1.36. The van der Waals surface area contributed by atoms with Crippen LogP contribution < -0.4 is 0 Å². The van der Waals surface area contributed by atoms with Crippen molar-refractivity contribution in [1.82, 2.24) is 0 Å². The molecule has 0 amide bonds. The van der Waals surface area contributed by atoms with Crippen molar-refractivity contribution < 1.29 is 10.2 Å². The van der Waals surface area contributed by atoms with Crippen molar-refractivity contribution in [3.63, 3.8) is 0 Å². The second-order valence-electron chi connectivity index (χ2n) is 2.60. The van der Waals surface area contributed by atoms with Crippen molar-refractivity contribution in [2.45, 2.75) is 38.4 Å². The molecule has 0 aliphatic heterocycles. The Kier molecular flexibility index (Phi) is 5.26. The van der Waals surface area contributed by atoms with Crippen molar-refractivity contribution in [1.29, 1.82) is 0 Å². The van der Waals surface area contributed by atoms with E-state index in [0.717, 1.165) is 0 Å². The average Bonchev–Trinajstić information content (AvgIpc) is 1.85. The molecule has 10 heavy (non-hydrogen) atoms. The molecule has 0 bridgehead atoms. The van der Waals surface area contributed by atoms with Gasteiger partial charge in [0.1, 0.15) is 0 Å². The van der Waals surface area contributed by atoms with Crippen LogP contribution in [-0.4, -0.2) is 22.4 Å². The minimum atomic E-state index is -0.327. The lowest BCUT2D eigenvalue weighted by molar-refractivity contribution is 0.124. The molecule has 0 aromatic carbocycles. The molecule has 0 aromatic rings. The van der Waals surface area contributed by atoms with E-state index in [1.807, 2.05) is 0 Å². The molecule has 2 atom stereocenters. The summed E-state index contributed by atoms with van der Waals surface area (Å²) >= 11 is 0. The fraction of sp³-hybridized carbons (Fsp3) is 0.750. The molecule has 0 radical (unpaired) electrons. The van der Waals surface area contributed by atoms with E-state index in [1.165, 1.54) is 0 Å². The Hall–Kier alpha value is -0.340. The molecule has 0 saturated carbocycles. The van der Waals surface area contributed by atoms with Crippen molar-refractivity contribution >= 4 is 0 Å². The third kappa shape index (κ3) is 5.79. The zero-order chi connectivity index (χ0) is 7.98. The fourth-order valence-electron chi connectivity index (χ4n) is 0.744. The van der Waals surface area contributed by atoms with Crippen LogP contribution in [0.4, 0.5) is 0 Å². The first-order valence-corrected chi connectivity index (χ1v) is 3.63. The fourth-order valence-corrected chi connectivity index (χ4v) is 0.744. The van der Waals surface area contributed by atoms with E-state index in [9.17, 15) is 0 Å². The van der Waals surface area contributed by atoms with Crippen LogP contribution in [0.25, 0.3) is 0 Å². The van der Waals surface area contributed by atoms with E-state index in [4.69, 9.17) is 10.2 Å². The van der Waals surface area contributed by atoms with Crippen LogP contribution in [0, 0.1) is 0 Å². The Labute approximate surface area is 62.2 Å². The van der Waals surface area contributed by atoms with Crippen molar-refractivity contribution in [2.24, 2.45) is 0 Å². The molecular weight excluding hydrogens is 128 g/mol. The maximum atomic E-state index is 9.12. The van der Waals surface area contributed by atoms with E-state index in [2.05, 4.69) is 6.58 Å². The highest BCUT2D eigenvalue weighted by atomic mass is 16.3. The zero-order valence-corrected chi connectivity index (χ0v) is 6.45. The molecule has 60 valence electrons. The lowest BCUT2D eigenvalue weighted by Gasteiger charge is -2.08. The summed E-state index contributed by atoms with van der Waals surface area (Å²) in [5, 5.41) is 17.9. The van der Waals surface area contributed by atoms with Gasteiger partial charge in [0.25, 0.3) is 0 Å². The van der Waals surface area contributed by atoms with Gasteiger partial charge in [-0.2, -0.15) is 0 Å². The monoisotopic (exact) mass is 144 g/mol. The number of hydrogen-bond acceptors (Lipinski definition) is 2. The zero-order valence-electron chi connectivity index (χ0n) is 6.45. The molecule has 2 unspecified atom stereocenters. The molecule has 2 heteroatoms. The standard InChI is InChI=1S/C8H16O2/c1-3-4-8(10)6-5-7(2)9/h3,7-10H,1,4-6H2,2H3. The van der Waals surface area contributed by atoms with E-state index in [0.29, 0.717) is 19.3 Å². The third-order valence-corrected chi connectivity index (χ3v) is 1.36. The molecule has 0 aliphatic carbocycles. The summed E-state index contributed by atoms with van der Waals surface area (Å²) in [5.41, 5.74) is 0. The summed E-state index contributed by atoms with van der Waals surface area (Å²) in [6, 6.07) is 0. The first-order chi connectivity index (χ1) is 4.66. The quantitative estimate of drug-likeness (QED) is 0.567. The number of aliphatic hydroxyl groups is 2. The normalized spacial score (nSPS) is 16.3. The lowest BCUT2D eigenvalue weighted by Crippen LogP contribution is -2.09. The van der Waals surface area contributed by atoms with Crippen molar-refractivity contribution in [3.05, 3.63) is 12.7 Å². The van der Waals surface area contributed by atoms with Gasteiger partial charge in [-0.1, -0.05) is 6.08 Å². The van der Waals surface area contributed by atoms with E-state index < -0.39 is 0 Å². The van der Waals surface area contributed by atoms with Crippen LogP contribution >= 0.6 is 0 Å². The van der Waals surface area contributed by atoms with E-state index in [-0.39, 0.29) is 12.2 Å². The minimum absolute atomic E-state index is 0.306. The number of aliphatic hydroxyl groups excluding tert-OH is 2. The lowest BCUT2D eigenvalue weighted by atomic mass is 10.1. The SMILES string of the molecule is C=CCC(O)CCC(C)O. The molecule has 2 N–H and O–H groups in total. The van der Waals surface area contributed by atoms with Crippen LogP contribution in [0.15, 0.2) is 12.7 Å². The first-order valence-electron chi connectivity index (χ1n) is 3.63. The summed E-state index contributed by atoms with van der Waals surface area (Å²) < 4.78 is 0. The highest BCUT2D eigenvalue weighted by Crippen LogP contribution is 2.04. The predicted molar refractivity (Wildman–Crippen MR) is 41.7 cm³/mol. The Morgan fingerprint density at radius 3 is 2.40 bits per heavy atom. The number of hydrogen-bond donors (Lipinski definition) is 2. The van der Waals surface area contributed by atoms with Gasteiger partial charge in [-0.25, -0.2) is 0 Å². The highest BCUT2D eigenvalue weighted by molar-refractivity contribution is 4.72. The Morgan fingerprint density at radius 1 is 1.40 bits per heavy atom. The van der Waals surface area contributed by atoms with Gasteiger partial charge in [0, 0.05) is 0 Å². The van der Waals surface area contributed by atoms with Gasteiger partial charge < -0.3 is 10.2 Å². The van der Waals surface area contributed by atoms with E-state index in [1.54, 1.807) is 13.0 Å². The summed E-state index contributed by atoms with van der Waals surface area (Å²) in [4.78, 5) is 0. The smallest absolute Gasteiger partial charge is 0.0575 e. The topological polar surface area (TPSA) is 40.5 Å². The minimum Gasteiger partial charge on any atom is -0.393 e. The molecule has 0 aromatic heterocycles. The van der Waals surface area contributed by atoms with Gasteiger partial charge in [0.15, 0.2) is 0 Å². The summed E-state index contributed by atoms with van der Waals surface area (Å²) in [5.74, 6) is 0. The maximum Gasteiger partial charge on any atom is 0.0575 e. The summed E-state index contributed by atoms with van der Waals surface area (Å²) in [7, 11) is 0. The van der Waals surface area contributed by atoms with Gasteiger partial charge >= 0.3 is 0 Å². The van der Waals surface area contributed by atoms with Gasteiger partial charge in [0.05, 0.1) is 12.2 Å². The average molecular weight is 144 g/mol. The van der Waals surface area contributed by atoms with Crippen molar-refractivity contribution in [3.8, 4) is 0 Å². The van der Waals surface area contributed by atoms with Crippen molar-refractivity contribution in [2.75, 3.05) is 0 Å². The number of rotatable bonds is 5. The molecule has 0 rings (SSSR count). The molecule has 2 nitrogen and oxygen atoms in total. The van der Waals surface area contributed by atoms with Crippen LogP contribution in [0.3, 0.4) is 0 Å². The van der Waals surface area contributed by atoms with Gasteiger partial charge in [-0.3, -0.25) is 0 Å². The molecule has 0 spiro atoms. The summed E-state index contributed by atoms with van der Waals surface area (Å²) in [6.07, 6.45) is 2.99. The Morgan fingerprint density at radius 2 is 2.00 bits per heavy atom. The molecule has 0 heterocycles. The van der Waals surface area contributed by atoms with Crippen LogP contribution in [0.5, 0.6) is 0 Å². The van der Waals surface area contributed by atoms with E-state index >= 15 is 0 Å². The largest absolute Gasteiger partial charge is 0.393 e. The van der Waals surface area contributed by atoms with Gasteiger partial charge in [-0.15, -0.1) is 6.58 Å². The van der Waals surface area contributed by atoms with Crippen LogP contribution in [0.1, 0.15) is 26.2 Å². The van der Waals surface area contributed by atoms with Gasteiger partial charge in [0.2, 0.25) is 0 Å². The Bertz CT molecular complexity index is 89.3. The Balaban J connectivity index is 3.20. The molecular formula is C8H16O2. The first kappa shape index (κ1) is 9.66. The molecule has 0 saturated heterocycles. The maximum absolute atomic E-state index is 9.12. The van der Waals surface area contributed by atoms with Crippen LogP contribution in [0.2, 0.25) is 0 Å². The molecule has 0 fully saturated rings. The second-order valence-corrected chi connectivity index (χ2v) is 2.60. The van der Waals surface area contributed by atoms with Gasteiger partial charge in [-0.05, 0) is 26.2 Å². The predicted octanol–water partition coefficient (Wildman–Crippen LogP) is 1.08. The second kappa shape index (κ2) is 5.45. The summed E-state index contributed by atoms with van der Waals surface area (Å²) in [6.45, 7) is 5.23.